The molecule has 0 saturated carbocycles. The maximum absolute atomic E-state index is 13.0. The van der Waals surface area contributed by atoms with Crippen molar-refractivity contribution in [3.05, 3.63) is 41.7 Å². The minimum atomic E-state index is -0.260. The molecule has 8 heteroatoms. The molecule has 2 heterocycles. The molecule has 0 aliphatic carbocycles. The number of anilines is 2. The van der Waals surface area contributed by atoms with Crippen LogP contribution in [0.2, 0.25) is 0 Å². The molecule has 2 N–H and O–H groups in total. The molecular weight excluding hydrogens is 365 g/mol. The van der Waals surface area contributed by atoms with E-state index >= 15 is 0 Å². The van der Waals surface area contributed by atoms with Crippen LogP contribution in [0.4, 0.5) is 16.2 Å². The topological polar surface area (TPSA) is 62.3 Å². The Labute approximate surface area is 164 Å². The summed E-state index contributed by atoms with van der Waals surface area (Å²) in [5.41, 5.74) is 0.926. The Hall–Kier alpha value is -2.48. The summed E-state index contributed by atoms with van der Waals surface area (Å²) in [6.07, 6.45) is 2.29. The first-order valence-corrected chi connectivity index (χ1v) is 9.41. The molecule has 0 spiro atoms. The van der Waals surface area contributed by atoms with Crippen molar-refractivity contribution in [1.82, 2.24) is 15.3 Å². The largest absolute Gasteiger partial charge is 0.481 e. The molecule has 1 fully saturated rings. The number of thiocarbonyl (C=S) groups is 1. The number of methoxy groups -OCH3 is 1. The van der Waals surface area contributed by atoms with Crippen LogP contribution in [0, 0.1) is 11.7 Å². The second-order valence-corrected chi connectivity index (χ2v) is 7.10. The summed E-state index contributed by atoms with van der Waals surface area (Å²) in [5.74, 6) is 2.19. The van der Waals surface area contributed by atoms with E-state index in [2.05, 4.69) is 32.4 Å². The van der Waals surface area contributed by atoms with E-state index in [1.807, 2.05) is 6.07 Å². The minimum absolute atomic E-state index is 0.260. The predicted molar refractivity (Wildman–Crippen MR) is 109 cm³/mol. The van der Waals surface area contributed by atoms with Crippen LogP contribution in [0.1, 0.15) is 25.3 Å². The van der Waals surface area contributed by atoms with Gasteiger partial charge in [0.25, 0.3) is 0 Å². The van der Waals surface area contributed by atoms with Crippen molar-refractivity contribution in [2.24, 2.45) is 5.92 Å². The lowest BCUT2D eigenvalue weighted by Gasteiger charge is -2.31. The van der Waals surface area contributed by atoms with Gasteiger partial charge in [0, 0.05) is 25.7 Å². The number of nitrogens with zero attached hydrogens (tertiary/aromatic N) is 3. The van der Waals surface area contributed by atoms with E-state index < -0.39 is 0 Å². The second-order valence-electron chi connectivity index (χ2n) is 6.70. The standard InChI is InChI=1S/C19H24FN5OS/c1-13-7-9-25(10-8-13)16-11-17(26-2)23-18(22-16)24-19(27)21-12-14-3-5-15(20)6-4-14/h3-6,11,13H,7-10,12H2,1-2H3,(H2,21,22,23,24,27). The number of hydrogen-bond donors (Lipinski definition) is 2. The molecule has 1 aliphatic rings. The first-order chi connectivity index (χ1) is 13.0. The number of rotatable bonds is 5. The van der Waals surface area contributed by atoms with Crippen LogP contribution >= 0.6 is 12.2 Å². The molecular formula is C19H24FN5OS. The normalized spacial score (nSPS) is 14.7. The van der Waals surface area contributed by atoms with Crippen molar-refractivity contribution in [3.8, 4) is 5.88 Å². The number of benzene rings is 1. The molecule has 1 saturated heterocycles. The van der Waals surface area contributed by atoms with Crippen LogP contribution in [0.25, 0.3) is 0 Å². The number of piperidine rings is 1. The fourth-order valence-corrected chi connectivity index (χ4v) is 3.07. The van der Waals surface area contributed by atoms with Gasteiger partial charge in [0.2, 0.25) is 11.8 Å². The first kappa shape index (κ1) is 19.3. The summed E-state index contributed by atoms with van der Waals surface area (Å²) in [7, 11) is 1.58. The lowest BCUT2D eigenvalue weighted by molar-refractivity contribution is 0.396. The van der Waals surface area contributed by atoms with Crippen molar-refractivity contribution in [3.63, 3.8) is 0 Å². The van der Waals surface area contributed by atoms with Gasteiger partial charge in [-0.3, -0.25) is 0 Å². The van der Waals surface area contributed by atoms with Gasteiger partial charge >= 0.3 is 0 Å². The SMILES string of the molecule is COc1cc(N2CCC(C)CC2)nc(NC(=S)NCc2ccc(F)cc2)n1. The Morgan fingerprint density at radius 3 is 2.63 bits per heavy atom. The molecule has 0 unspecified atom stereocenters. The van der Waals surface area contributed by atoms with E-state index in [4.69, 9.17) is 17.0 Å². The third-order valence-electron chi connectivity index (χ3n) is 4.60. The van der Waals surface area contributed by atoms with E-state index in [0.29, 0.717) is 23.5 Å². The number of halogens is 1. The predicted octanol–water partition coefficient (Wildman–Crippen LogP) is 3.35. The van der Waals surface area contributed by atoms with Crippen LogP contribution in [-0.4, -0.2) is 35.3 Å². The molecule has 144 valence electrons. The van der Waals surface area contributed by atoms with Crippen molar-refractivity contribution in [2.45, 2.75) is 26.3 Å². The van der Waals surface area contributed by atoms with E-state index in [-0.39, 0.29) is 5.82 Å². The minimum Gasteiger partial charge on any atom is -0.481 e. The molecule has 27 heavy (non-hydrogen) atoms. The van der Waals surface area contributed by atoms with Gasteiger partial charge in [-0.1, -0.05) is 19.1 Å². The van der Waals surface area contributed by atoms with Gasteiger partial charge in [-0.25, -0.2) is 4.39 Å². The smallest absolute Gasteiger partial charge is 0.234 e. The highest BCUT2D eigenvalue weighted by atomic mass is 32.1. The third-order valence-corrected chi connectivity index (χ3v) is 4.84. The molecule has 1 aliphatic heterocycles. The van der Waals surface area contributed by atoms with Gasteiger partial charge in [-0.2, -0.15) is 9.97 Å². The fourth-order valence-electron chi connectivity index (χ4n) is 2.90. The number of aromatic nitrogens is 2. The van der Waals surface area contributed by atoms with Gasteiger partial charge in [-0.05, 0) is 48.7 Å². The van der Waals surface area contributed by atoms with Gasteiger partial charge in [0.05, 0.1) is 7.11 Å². The molecule has 0 radical (unpaired) electrons. The van der Waals surface area contributed by atoms with E-state index in [0.717, 1.165) is 43.2 Å². The quantitative estimate of drug-likeness (QED) is 0.761. The summed E-state index contributed by atoms with van der Waals surface area (Å²) in [5, 5.41) is 6.47. The molecule has 0 amide bonds. The molecule has 1 aromatic heterocycles. The maximum atomic E-state index is 13.0. The van der Waals surface area contributed by atoms with E-state index in [1.165, 1.54) is 12.1 Å². The summed E-state index contributed by atoms with van der Waals surface area (Å²) >= 11 is 5.32. The van der Waals surface area contributed by atoms with Crippen LogP contribution in [0.3, 0.4) is 0 Å². The Balaban J connectivity index is 1.63. The zero-order chi connectivity index (χ0) is 19.2. The molecule has 0 atom stereocenters. The Morgan fingerprint density at radius 2 is 1.96 bits per heavy atom. The molecule has 3 rings (SSSR count). The summed E-state index contributed by atoms with van der Waals surface area (Å²) < 4.78 is 18.3. The average molecular weight is 390 g/mol. The fraction of sp³-hybridized carbons (Fsp3) is 0.421. The van der Waals surface area contributed by atoms with Crippen LogP contribution in [0.5, 0.6) is 5.88 Å². The summed E-state index contributed by atoms with van der Waals surface area (Å²) in [6.45, 7) is 4.69. The molecule has 2 aromatic rings. The van der Waals surface area contributed by atoms with Crippen LogP contribution in [0.15, 0.2) is 30.3 Å². The van der Waals surface area contributed by atoms with Crippen molar-refractivity contribution in [2.75, 3.05) is 30.4 Å². The number of hydrogen-bond acceptors (Lipinski definition) is 5. The third kappa shape index (κ3) is 5.50. The average Bonchev–Trinajstić information content (AvgIpc) is 2.68. The highest BCUT2D eigenvalue weighted by Gasteiger charge is 2.19. The first-order valence-electron chi connectivity index (χ1n) is 9.01. The number of nitrogens with one attached hydrogen (secondary N) is 2. The van der Waals surface area contributed by atoms with E-state index in [9.17, 15) is 4.39 Å². The zero-order valence-corrected chi connectivity index (χ0v) is 16.4. The van der Waals surface area contributed by atoms with Gasteiger partial charge in [0.1, 0.15) is 11.6 Å². The van der Waals surface area contributed by atoms with Gasteiger partial charge in [0.15, 0.2) is 5.11 Å². The van der Waals surface area contributed by atoms with Crippen LogP contribution in [-0.2, 0) is 6.54 Å². The molecule has 0 bridgehead atoms. The lowest BCUT2D eigenvalue weighted by atomic mass is 9.99. The van der Waals surface area contributed by atoms with Crippen molar-refractivity contribution >= 4 is 29.1 Å². The highest BCUT2D eigenvalue weighted by molar-refractivity contribution is 7.80. The highest BCUT2D eigenvalue weighted by Crippen LogP contribution is 2.24. The maximum Gasteiger partial charge on any atom is 0.234 e. The summed E-state index contributed by atoms with van der Waals surface area (Å²) in [6, 6.07) is 8.11. The van der Waals surface area contributed by atoms with Gasteiger partial charge in [-0.15, -0.1) is 0 Å². The van der Waals surface area contributed by atoms with Crippen molar-refractivity contribution in [1.29, 1.82) is 0 Å². The molecule has 6 nitrogen and oxygen atoms in total. The summed E-state index contributed by atoms with van der Waals surface area (Å²) in [4.78, 5) is 11.1. The Morgan fingerprint density at radius 1 is 1.26 bits per heavy atom. The molecule has 1 aromatic carbocycles. The van der Waals surface area contributed by atoms with Gasteiger partial charge < -0.3 is 20.3 Å². The Bertz CT molecular complexity index is 778. The van der Waals surface area contributed by atoms with Crippen LogP contribution < -0.4 is 20.3 Å². The second kappa shape index (κ2) is 8.94. The monoisotopic (exact) mass is 389 g/mol. The Kier molecular flexibility index (Phi) is 6.39. The zero-order valence-electron chi connectivity index (χ0n) is 15.5. The van der Waals surface area contributed by atoms with Crippen molar-refractivity contribution < 1.29 is 9.13 Å². The number of ether oxygens (including phenoxy) is 1. The lowest BCUT2D eigenvalue weighted by Crippen LogP contribution is -2.34. The van der Waals surface area contributed by atoms with E-state index in [1.54, 1.807) is 19.2 Å².